The van der Waals surface area contributed by atoms with Crippen molar-refractivity contribution >= 4 is 42.6 Å². The van der Waals surface area contributed by atoms with Crippen molar-refractivity contribution in [1.82, 2.24) is 14.3 Å². The average Bonchev–Trinajstić information content (AvgIpc) is 3.54. The van der Waals surface area contributed by atoms with Crippen molar-refractivity contribution in [2.75, 3.05) is 18.4 Å². The molecule has 10 heteroatoms. The third-order valence-electron chi connectivity index (χ3n) is 5.22. The Balaban J connectivity index is 1.29. The highest BCUT2D eigenvalue weighted by Gasteiger charge is 2.27. The van der Waals surface area contributed by atoms with Crippen LogP contribution in [-0.4, -0.2) is 41.7 Å². The van der Waals surface area contributed by atoms with Gasteiger partial charge in [0.15, 0.2) is 5.13 Å². The number of anilines is 1. The number of carbonyl (C=O) groups excluding carboxylic acids is 1. The first kappa shape index (κ1) is 20.8. The molecule has 2 aromatic carbocycles. The van der Waals surface area contributed by atoms with Crippen molar-refractivity contribution in [3.8, 4) is 11.5 Å². The van der Waals surface area contributed by atoms with Gasteiger partial charge >= 0.3 is 0 Å². The number of oxazole rings is 1. The zero-order valence-electron chi connectivity index (χ0n) is 17.0. The maximum Gasteiger partial charge on any atom is 0.243 e. The number of hydrogen-bond donors (Lipinski definition) is 1. The van der Waals surface area contributed by atoms with E-state index in [1.807, 2.05) is 30.3 Å². The molecule has 1 fully saturated rings. The van der Waals surface area contributed by atoms with Crippen molar-refractivity contribution < 1.29 is 17.6 Å². The number of aromatic nitrogens is 2. The second-order valence-corrected chi connectivity index (χ2v) is 10.5. The number of benzene rings is 2. The molecule has 1 N–H and O–H groups in total. The quantitative estimate of drug-likeness (QED) is 0.460. The maximum atomic E-state index is 12.8. The maximum absolute atomic E-state index is 12.8. The van der Waals surface area contributed by atoms with Crippen LogP contribution in [0.15, 0.2) is 64.1 Å². The van der Waals surface area contributed by atoms with Gasteiger partial charge in [0.2, 0.25) is 21.8 Å². The number of amides is 1. The van der Waals surface area contributed by atoms with Crippen LogP contribution in [0.4, 0.5) is 5.13 Å². The van der Waals surface area contributed by atoms with Gasteiger partial charge in [-0.05, 0) is 43.2 Å². The Kier molecular flexibility index (Phi) is 5.50. The number of nitrogens with one attached hydrogen (secondary N) is 1. The summed E-state index contributed by atoms with van der Waals surface area (Å²) in [6.45, 7) is 1.11. The second-order valence-electron chi connectivity index (χ2n) is 7.49. The molecule has 1 saturated heterocycles. The van der Waals surface area contributed by atoms with E-state index in [9.17, 15) is 13.2 Å². The third kappa shape index (κ3) is 4.16. The summed E-state index contributed by atoms with van der Waals surface area (Å²) in [5, 5.41) is 3.18. The minimum Gasteiger partial charge on any atom is -0.444 e. The average molecular weight is 469 g/mol. The predicted molar refractivity (Wildman–Crippen MR) is 122 cm³/mol. The van der Waals surface area contributed by atoms with E-state index < -0.39 is 10.0 Å². The van der Waals surface area contributed by atoms with Gasteiger partial charge in [0, 0.05) is 18.7 Å². The van der Waals surface area contributed by atoms with Gasteiger partial charge in [-0.3, -0.25) is 4.79 Å². The normalized spacial score (nSPS) is 14.8. The van der Waals surface area contributed by atoms with Crippen molar-refractivity contribution in [2.24, 2.45) is 0 Å². The molecule has 3 heterocycles. The minimum atomic E-state index is -3.50. The molecule has 164 valence electrons. The van der Waals surface area contributed by atoms with Gasteiger partial charge in [-0.25, -0.2) is 18.4 Å². The number of carbonyl (C=O) groups is 1. The van der Waals surface area contributed by atoms with E-state index >= 15 is 0 Å². The monoisotopic (exact) mass is 468 g/mol. The largest absolute Gasteiger partial charge is 0.444 e. The number of fused-ring (bicyclic) bond motifs is 1. The summed E-state index contributed by atoms with van der Waals surface area (Å²) in [5.74, 6) is 0.182. The zero-order chi connectivity index (χ0) is 22.1. The molecule has 0 atom stereocenters. The Morgan fingerprint density at radius 3 is 2.66 bits per heavy atom. The summed E-state index contributed by atoms with van der Waals surface area (Å²) in [7, 11) is -3.50. The second kappa shape index (κ2) is 8.45. The number of thiazole rings is 1. The zero-order valence-corrected chi connectivity index (χ0v) is 18.7. The van der Waals surface area contributed by atoms with E-state index in [4.69, 9.17) is 4.42 Å². The lowest BCUT2D eigenvalue weighted by Crippen LogP contribution is -2.27. The molecule has 0 bridgehead atoms. The molecule has 0 unspecified atom stereocenters. The summed E-state index contributed by atoms with van der Waals surface area (Å²) in [5.41, 5.74) is 1.99. The van der Waals surface area contributed by atoms with Gasteiger partial charge < -0.3 is 9.73 Å². The van der Waals surface area contributed by atoms with Gasteiger partial charge in [-0.15, -0.1) is 0 Å². The van der Waals surface area contributed by atoms with Crippen LogP contribution in [0.2, 0.25) is 0 Å². The molecular weight excluding hydrogens is 448 g/mol. The molecule has 8 nitrogen and oxygen atoms in total. The topological polar surface area (TPSA) is 105 Å². The molecule has 0 aliphatic carbocycles. The highest BCUT2D eigenvalue weighted by molar-refractivity contribution is 7.89. The lowest BCUT2D eigenvalue weighted by atomic mass is 10.2. The molecule has 32 heavy (non-hydrogen) atoms. The van der Waals surface area contributed by atoms with Crippen LogP contribution in [0.25, 0.3) is 21.7 Å². The smallest absolute Gasteiger partial charge is 0.243 e. The molecule has 4 aromatic rings. The Hall–Kier alpha value is -3.08. The molecule has 0 radical (unpaired) electrons. The van der Waals surface area contributed by atoms with Crippen LogP contribution < -0.4 is 5.32 Å². The number of rotatable bonds is 6. The van der Waals surface area contributed by atoms with Crippen LogP contribution in [0.3, 0.4) is 0 Å². The van der Waals surface area contributed by atoms with Crippen molar-refractivity contribution in [3.63, 3.8) is 0 Å². The number of sulfonamides is 1. The fourth-order valence-electron chi connectivity index (χ4n) is 3.63. The van der Waals surface area contributed by atoms with Crippen LogP contribution in [0.1, 0.15) is 18.5 Å². The summed E-state index contributed by atoms with van der Waals surface area (Å²) in [6.07, 6.45) is 3.28. The Bertz CT molecular complexity index is 1370. The lowest BCUT2D eigenvalue weighted by molar-refractivity contribution is -0.115. The molecule has 1 aliphatic heterocycles. The molecule has 1 amide bonds. The van der Waals surface area contributed by atoms with Gasteiger partial charge in [-0.1, -0.05) is 29.5 Å². The molecule has 5 rings (SSSR count). The lowest BCUT2D eigenvalue weighted by Gasteiger charge is -2.15. The van der Waals surface area contributed by atoms with Crippen molar-refractivity contribution in [2.45, 2.75) is 24.2 Å². The molecule has 0 saturated carbocycles. The van der Waals surface area contributed by atoms with E-state index in [0.717, 1.165) is 18.4 Å². The Morgan fingerprint density at radius 2 is 1.88 bits per heavy atom. The van der Waals surface area contributed by atoms with Gasteiger partial charge in [0.05, 0.1) is 27.2 Å². The summed E-state index contributed by atoms with van der Waals surface area (Å²) < 4.78 is 33.3. The first-order valence-corrected chi connectivity index (χ1v) is 12.5. The van der Waals surface area contributed by atoms with E-state index in [0.29, 0.717) is 40.0 Å². The SMILES string of the molecule is O=C(Cc1coc(-c2ccccc2)n1)Nc1nc2ccc(S(=O)(=O)N3CCCC3)cc2s1. The van der Waals surface area contributed by atoms with E-state index in [2.05, 4.69) is 15.3 Å². The van der Waals surface area contributed by atoms with Crippen molar-refractivity contribution in [1.29, 1.82) is 0 Å². The fraction of sp³-hybridized carbons (Fsp3) is 0.227. The predicted octanol–water partition coefficient (Wildman–Crippen LogP) is 3.92. The number of nitrogens with zero attached hydrogens (tertiary/aromatic N) is 3. The summed E-state index contributed by atoms with van der Waals surface area (Å²) >= 11 is 1.24. The van der Waals surface area contributed by atoms with Gasteiger partial charge in [-0.2, -0.15) is 4.31 Å². The molecular formula is C22H20N4O4S2. The highest BCUT2D eigenvalue weighted by atomic mass is 32.2. The van der Waals surface area contributed by atoms with Crippen LogP contribution in [0, 0.1) is 0 Å². The Morgan fingerprint density at radius 1 is 1.09 bits per heavy atom. The third-order valence-corrected chi connectivity index (χ3v) is 8.05. The standard InChI is InChI=1S/C22H20N4O4S2/c27-20(12-16-14-30-21(23-16)15-6-2-1-3-7-15)25-22-24-18-9-8-17(13-19(18)31-22)32(28,29)26-10-4-5-11-26/h1-3,6-9,13-14H,4-5,10-12H2,(H,24,25,27). The van der Waals surface area contributed by atoms with E-state index in [1.165, 1.54) is 21.9 Å². The molecule has 2 aromatic heterocycles. The first-order valence-electron chi connectivity index (χ1n) is 10.2. The number of hydrogen-bond acceptors (Lipinski definition) is 7. The van der Waals surface area contributed by atoms with Gasteiger partial charge in [0.1, 0.15) is 6.26 Å². The Labute approximate surface area is 189 Å². The van der Waals surface area contributed by atoms with Crippen molar-refractivity contribution in [3.05, 3.63) is 60.5 Å². The summed E-state index contributed by atoms with van der Waals surface area (Å²) in [6, 6.07) is 14.3. The van der Waals surface area contributed by atoms with Gasteiger partial charge in [0.25, 0.3) is 0 Å². The summed E-state index contributed by atoms with van der Waals surface area (Å²) in [4.78, 5) is 21.5. The van der Waals surface area contributed by atoms with Crippen LogP contribution >= 0.6 is 11.3 Å². The highest BCUT2D eigenvalue weighted by Crippen LogP contribution is 2.30. The fourth-order valence-corrected chi connectivity index (χ4v) is 6.17. The first-order chi connectivity index (χ1) is 15.5. The minimum absolute atomic E-state index is 0.0425. The van der Waals surface area contributed by atoms with E-state index in [1.54, 1.807) is 18.2 Å². The molecule has 1 aliphatic rings. The van der Waals surface area contributed by atoms with Crippen LogP contribution in [-0.2, 0) is 21.2 Å². The van der Waals surface area contributed by atoms with Crippen LogP contribution in [0.5, 0.6) is 0 Å². The van der Waals surface area contributed by atoms with E-state index in [-0.39, 0.29) is 17.2 Å². The molecule has 0 spiro atoms.